The highest BCUT2D eigenvalue weighted by molar-refractivity contribution is 7.99. The van der Waals surface area contributed by atoms with Crippen LogP contribution in [0.1, 0.15) is 26.0 Å². The SMILES string of the molecule is CCCNC(=O)[C@H](C)SCc1coc(-c2ccc(Cl)cc2)n1. The zero-order chi connectivity index (χ0) is 15.9. The summed E-state index contributed by atoms with van der Waals surface area (Å²) >= 11 is 7.41. The third-order valence-electron chi connectivity index (χ3n) is 3.04. The molecule has 0 radical (unpaired) electrons. The number of thioether (sulfide) groups is 1. The molecule has 1 heterocycles. The van der Waals surface area contributed by atoms with E-state index < -0.39 is 0 Å². The van der Waals surface area contributed by atoms with Gasteiger partial charge in [-0.15, -0.1) is 11.8 Å². The van der Waals surface area contributed by atoms with Crippen molar-refractivity contribution < 1.29 is 9.21 Å². The van der Waals surface area contributed by atoms with Crippen molar-refractivity contribution in [3.63, 3.8) is 0 Å². The molecule has 0 bridgehead atoms. The van der Waals surface area contributed by atoms with Gasteiger partial charge in [0.05, 0.1) is 10.9 Å². The summed E-state index contributed by atoms with van der Waals surface area (Å²) in [5.74, 6) is 1.27. The first-order chi connectivity index (χ1) is 10.6. The van der Waals surface area contributed by atoms with Crippen molar-refractivity contribution in [2.75, 3.05) is 6.54 Å². The fraction of sp³-hybridized carbons (Fsp3) is 0.375. The summed E-state index contributed by atoms with van der Waals surface area (Å²) in [6.45, 7) is 4.65. The van der Waals surface area contributed by atoms with Gasteiger partial charge in [0.1, 0.15) is 6.26 Å². The zero-order valence-corrected chi connectivity index (χ0v) is 14.2. The molecule has 0 fully saturated rings. The van der Waals surface area contributed by atoms with Gasteiger partial charge in [-0.2, -0.15) is 0 Å². The monoisotopic (exact) mass is 338 g/mol. The van der Waals surface area contributed by atoms with Gasteiger partial charge in [-0.1, -0.05) is 18.5 Å². The normalized spacial score (nSPS) is 12.1. The van der Waals surface area contributed by atoms with Crippen LogP contribution in [0.5, 0.6) is 0 Å². The van der Waals surface area contributed by atoms with E-state index in [1.165, 1.54) is 0 Å². The van der Waals surface area contributed by atoms with Crippen molar-refractivity contribution in [3.8, 4) is 11.5 Å². The van der Waals surface area contributed by atoms with Crippen molar-refractivity contribution >= 4 is 29.3 Å². The average molecular weight is 339 g/mol. The standard InChI is InChI=1S/C16H19ClN2O2S/c1-3-8-18-15(20)11(2)22-10-14-9-21-16(19-14)12-4-6-13(17)7-5-12/h4-7,9,11H,3,8,10H2,1-2H3,(H,18,20)/t11-/m0/s1. The van der Waals surface area contributed by atoms with E-state index in [4.69, 9.17) is 16.0 Å². The Kier molecular flexibility index (Phi) is 6.34. The van der Waals surface area contributed by atoms with Crippen LogP contribution in [0.15, 0.2) is 34.9 Å². The predicted octanol–water partition coefficient (Wildman–Crippen LogP) is 4.14. The van der Waals surface area contributed by atoms with Gasteiger partial charge in [0, 0.05) is 22.9 Å². The van der Waals surface area contributed by atoms with E-state index in [9.17, 15) is 4.79 Å². The van der Waals surface area contributed by atoms with E-state index in [1.807, 2.05) is 26.0 Å². The molecule has 0 aliphatic carbocycles. The highest BCUT2D eigenvalue weighted by Crippen LogP contribution is 2.23. The molecule has 0 saturated carbocycles. The highest BCUT2D eigenvalue weighted by atomic mass is 35.5. The van der Waals surface area contributed by atoms with Gasteiger partial charge < -0.3 is 9.73 Å². The highest BCUT2D eigenvalue weighted by Gasteiger charge is 2.14. The van der Waals surface area contributed by atoms with Crippen molar-refractivity contribution in [1.82, 2.24) is 10.3 Å². The number of oxazole rings is 1. The molecule has 4 nitrogen and oxygen atoms in total. The lowest BCUT2D eigenvalue weighted by Gasteiger charge is -2.10. The van der Waals surface area contributed by atoms with Crippen LogP contribution >= 0.6 is 23.4 Å². The minimum absolute atomic E-state index is 0.0632. The summed E-state index contributed by atoms with van der Waals surface area (Å²) in [5.41, 5.74) is 1.71. The average Bonchev–Trinajstić information content (AvgIpc) is 2.99. The predicted molar refractivity (Wildman–Crippen MR) is 91.0 cm³/mol. The summed E-state index contributed by atoms with van der Waals surface area (Å²) in [4.78, 5) is 16.2. The molecule has 1 N–H and O–H groups in total. The smallest absolute Gasteiger partial charge is 0.232 e. The van der Waals surface area contributed by atoms with Gasteiger partial charge in [0.15, 0.2) is 0 Å². The Bertz CT molecular complexity index is 613. The second kappa shape index (κ2) is 8.25. The van der Waals surface area contributed by atoms with Crippen LogP contribution in [0.3, 0.4) is 0 Å². The number of rotatable bonds is 7. The van der Waals surface area contributed by atoms with Crippen LogP contribution in [0.25, 0.3) is 11.5 Å². The van der Waals surface area contributed by atoms with Gasteiger partial charge in [-0.05, 0) is 37.6 Å². The molecule has 0 aliphatic rings. The van der Waals surface area contributed by atoms with Crippen LogP contribution in [-0.4, -0.2) is 22.7 Å². The molecule has 1 atom stereocenters. The third-order valence-corrected chi connectivity index (χ3v) is 4.47. The summed E-state index contributed by atoms with van der Waals surface area (Å²) in [6.07, 6.45) is 2.57. The largest absolute Gasteiger partial charge is 0.444 e. The second-order valence-corrected chi connectivity index (χ2v) is 6.66. The lowest BCUT2D eigenvalue weighted by atomic mass is 10.2. The number of carbonyl (C=O) groups is 1. The first-order valence-corrected chi connectivity index (χ1v) is 8.62. The Morgan fingerprint density at radius 3 is 2.82 bits per heavy atom. The molecule has 0 aliphatic heterocycles. The molecule has 0 saturated heterocycles. The first-order valence-electron chi connectivity index (χ1n) is 7.19. The van der Waals surface area contributed by atoms with Crippen molar-refractivity contribution in [2.24, 2.45) is 0 Å². The van der Waals surface area contributed by atoms with E-state index in [-0.39, 0.29) is 11.2 Å². The number of halogens is 1. The van der Waals surface area contributed by atoms with Gasteiger partial charge >= 0.3 is 0 Å². The van der Waals surface area contributed by atoms with Crippen molar-refractivity contribution in [2.45, 2.75) is 31.3 Å². The molecular formula is C16H19ClN2O2S. The summed E-state index contributed by atoms with van der Waals surface area (Å²) in [5, 5.41) is 3.46. The van der Waals surface area contributed by atoms with Crippen LogP contribution in [0.4, 0.5) is 0 Å². The topological polar surface area (TPSA) is 55.1 Å². The summed E-state index contributed by atoms with van der Waals surface area (Å²) < 4.78 is 5.48. The number of amides is 1. The van der Waals surface area contributed by atoms with E-state index in [2.05, 4.69) is 10.3 Å². The Hall–Kier alpha value is -1.46. The van der Waals surface area contributed by atoms with Crippen LogP contribution in [0.2, 0.25) is 5.02 Å². The second-order valence-electron chi connectivity index (χ2n) is 4.90. The zero-order valence-electron chi connectivity index (χ0n) is 12.6. The van der Waals surface area contributed by atoms with E-state index >= 15 is 0 Å². The van der Waals surface area contributed by atoms with E-state index in [1.54, 1.807) is 30.2 Å². The number of benzene rings is 1. The molecule has 1 aromatic carbocycles. The van der Waals surface area contributed by atoms with Gasteiger partial charge in [-0.3, -0.25) is 4.79 Å². The van der Waals surface area contributed by atoms with Crippen LogP contribution in [0, 0.1) is 0 Å². The van der Waals surface area contributed by atoms with Crippen molar-refractivity contribution in [1.29, 1.82) is 0 Å². The van der Waals surface area contributed by atoms with E-state index in [0.717, 1.165) is 17.7 Å². The number of nitrogens with zero attached hydrogens (tertiary/aromatic N) is 1. The lowest BCUT2D eigenvalue weighted by molar-refractivity contribution is -0.120. The Morgan fingerprint density at radius 1 is 1.41 bits per heavy atom. The van der Waals surface area contributed by atoms with E-state index in [0.29, 0.717) is 23.2 Å². The molecule has 1 amide bonds. The summed E-state index contributed by atoms with van der Waals surface area (Å²) in [7, 11) is 0. The fourth-order valence-electron chi connectivity index (χ4n) is 1.78. The first kappa shape index (κ1) is 16.9. The molecule has 6 heteroatoms. The quantitative estimate of drug-likeness (QED) is 0.824. The molecule has 1 aromatic heterocycles. The van der Waals surface area contributed by atoms with Gasteiger partial charge in [0.2, 0.25) is 11.8 Å². The molecule has 0 unspecified atom stereocenters. The van der Waals surface area contributed by atoms with Gasteiger partial charge in [0.25, 0.3) is 0 Å². The molecule has 2 aromatic rings. The minimum atomic E-state index is -0.109. The van der Waals surface area contributed by atoms with Crippen LogP contribution < -0.4 is 5.32 Å². The van der Waals surface area contributed by atoms with Crippen LogP contribution in [-0.2, 0) is 10.5 Å². The number of hydrogen-bond acceptors (Lipinski definition) is 4. The molecule has 0 spiro atoms. The minimum Gasteiger partial charge on any atom is -0.444 e. The number of nitrogens with one attached hydrogen (secondary N) is 1. The Morgan fingerprint density at radius 2 is 2.14 bits per heavy atom. The number of carbonyl (C=O) groups excluding carboxylic acids is 1. The number of aromatic nitrogens is 1. The number of hydrogen-bond donors (Lipinski definition) is 1. The lowest BCUT2D eigenvalue weighted by Crippen LogP contribution is -2.31. The van der Waals surface area contributed by atoms with Gasteiger partial charge in [-0.25, -0.2) is 4.98 Å². The molecule has 2 rings (SSSR count). The maximum atomic E-state index is 11.8. The molecule has 22 heavy (non-hydrogen) atoms. The fourth-order valence-corrected chi connectivity index (χ4v) is 2.69. The molecular weight excluding hydrogens is 320 g/mol. The Balaban J connectivity index is 1.89. The summed E-state index contributed by atoms with van der Waals surface area (Å²) in [6, 6.07) is 7.34. The maximum absolute atomic E-state index is 11.8. The maximum Gasteiger partial charge on any atom is 0.232 e. The van der Waals surface area contributed by atoms with Crippen molar-refractivity contribution in [3.05, 3.63) is 41.2 Å². The molecule has 118 valence electrons. The Labute approximate surface area is 139 Å². The third kappa shape index (κ3) is 4.78.